The number of nitrogens with one attached hydrogen (secondary N) is 1. The summed E-state index contributed by atoms with van der Waals surface area (Å²) in [6, 6.07) is -0.483. The highest BCUT2D eigenvalue weighted by molar-refractivity contribution is 7.91. The number of hydrogen-bond donors (Lipinski definition) is 2. The molecular weight excluding hydrogens is 216 g/mol. The van der Waals surface area contributed by atoms with E-state index in [0.29, 0.717) is 19.4 Å². The average molecular weight is 234 g/mol. The Morgan fingerprint density at radius 3 is 2.73 bits per heavy atom. The van der Waals surface area contributed by atoms with Crippen LogP contribution in [-0.2, 0) is 14.6 Å². The minimum absolute atomic E-state index is 0.0583. The molecule has 0 aromatic rings. The zero-order valence-electron chi connectivity index (χ0n) is 8.90. The number of amides is 1. The fraction of sp³-hybridized carbons (Fsp3) is 0.889. The SMILES string of the molecule is CC[C@H](N)C(=O)NCC1CCS(=O)(=O)C1. The van der Waals surface area contributed by atoms with Crippen LogP contribution < -0.4 is 11.1 Å². The van der Waals surface area contributed by atoms with Crippen LogP contribution in [0.3, 0.4) is 0 Å². The van der Waals surface area contributed by atoms with Gasteiger partial charge < -0.3 is 11.1 Å². The topological polar surface area (TPSA) is 89.3 Å². The molecule has 0 aromatic carbocycles. The summed E-state index contributed by atoms with van der Waals surface area (Å²) in [5.41, 5.74) is 5.52. The van der Waals surface area contributed by atoms with E-state index >= 15 is 0 Å². The monoisotopic (exact) mass is 234 g/mol. The van der Waals surface area contributed by atoms with E-state index < -0.39 is 15.9 Å². The van der Waals surface area contributed by atoms with Crippen molar-refractivity contribution in [2.45, 2.75) is 25.8 Å². The van der Waals surface area contributed by atoms with E-state index in [-0.39, 0.29) is 23.3 Å². The van der Waals surface area contributed by atoms with Crippen molar-refractivity contribution in [1.29, 1.82) is 0 Å². The lowest BCUT2D eigenvalue weighted by atomic mass is 10.1. The summed E-state index contributed by atoms with van der Waals surface area (Å²) in [4.78, 5) is 11.3. The first-order chi connectivity index (χ1) is 6.94. The van der Waals surface area contributed by atoms with Crippen molar-refractivity contribution >= 4 is 15.7 Å². The normalized spacial score (nSPS) is 26.1. The largest absolute Gasteiger partial charge is 0.354 e. The van der Waals surface area contributed by atoms with E-state index in [4.69, 9.17) is 5.73 Å². The second-order valence-corrected chi connectivity index (χ2v) is 6.26. The number of sulfone groups is 1. The van der Waals surface area contributed by atoms with Crippen LogP contribution in [0.15, 0.2) is 0 Å². The van der Waals surface area contributed by atoms with Gasteiger partial charge in [-0.3, -0.25) is 4.79 Å². The van der Waals surface area contributed by atoms with Gasteiger partial charge in [0.1, 0.15) is 0 Å². The molecule has 1 saturated heterocycles. The molecule has 5 nitrogen and oxygen atoms in total. The number of rotatable bonds is 4. The summed E-state index contributed by atoms with van der Waals surface area (Å²) in [5, 5.41) is 2.68. The molecule has 0 saturated carbocycles. The van der Waals surface area contributed by atoms with Gasteiger partial charge >= 0.3 is 0 Å². The molecule has 1 heterocycles. The average Bonchev–Trinajstić information content (AvgIpc) is 2.53. The van der Waals surface area contributed by atoms with Crippen LogP contribution in [0.2, 0.25) is 0 Å². The zero-order chi connectivity index (χ0) is 11.5. The van der Waals surface area contributed by atoms with Crippen LogP contribution in [0.25, 0.3) is 0 Å². The first-order valence-corrected chi connectivity index (χ1v) is 7.00. The first-order valence-electron chi connectivity index (χ1n) is 5.18. The molecule has 1 unspecified atom stereocenters. The van der Waals surface area contributed by atoms with Crippen LogP contribution in [0.1, 0.15) is 19.8 Å². The molecule has 1 aliphatic heterocycles. The molecule has 1 aliphatic rings. The Balaban J connectivity index is 2.30. The van der Waals surface area contributed by atoms with Gasteiger partial charge in [0, 0.05) is 6.54 Å². The fourth-order valence-corrected chi connectivity index (χ4v) is 3.46. The van der Waals surface area contributed by atoms with Crippen LogP contribution in [0.4, 0.5) is 0 Å². The Morgan fingerprint density at radius 2 is 2.27 bits per heavy atom. The molecule has 0 aromatic heterocycles. The lowest BCUT2D eigenvalue weighted by Gasteiger charge is -2.12. The van der Waals surface area contributed by atoms with Gasteiger partial charge in [-0.25, -0.2) is 8.42 Å². The van der Waals surface area contributed by atoms with Crippen molar-refractivity contribution in [2.24, 2.45) is 11.7 Å². The smallest absolute Gasteiger partial charge is 0.236 e. The summed E-state index contributed by atoms with van der Waals surface area (Å²) in [5.74, 6) is 0.298. The molecular formula is C9H18N2O3S. The van der Waals surface area contributed by atoms with E-state index in [1.165, 1.54) is 0 Å². The summed E-state index contributed by atoms with van der Waals surface area (Å²) in [7, 11) is -2.85. The van der Waals surface area contributed by atoms with E-state index in [9.17, 15) is 13.2 Å². The summed E-state index contributed by atoms with van der Waals surface area (Å²) in [6.07, 6.45) is 1.23. The number of carbonyl (C=O) groups is 1. The number of carbonyl (C=O) groups excluding carboxylic acids is 1. The second-order valence-electron chi connectivity index (χ2n) is 4.03. The molecule has 1 rings (SSSR count). The maximum atomic E-state index is 11.3. The van der Waals surface area contributed by atoms with E-state index in [1.54, 1.807) is 0 Å². The Morgan fingerprint density at radius 1 is 1.60 bits per heavy atom. The Kier molecular flexibility index (Phi) is 4.10. The van der Waals surface area contributed by atoms with Gasteiger partial charge in [0.05, 0.1) is 17.5 Å². The number of nitrogens with two attached hydrogens (primary N) is 1. The zero-order valence-corrected chi connectivity index (χ0v) is 9.72. The maximum absolute atomic E-state index is 11.3. The molecule has 6 heteroatoms. The molecule has 0 spiro atoms. The second kappa shape index (κ2) is 4.94. The molecule has 0 bridgehead atoms. The van der Waals surface area contributed by atoms with Crippen LogP contribution in [0, 0.1) is 5.92 Å². The maximum Gasteiger partial charge on any atom is 0.236 e. The van der Waals surface area contributed by atoms with Crippen LogP contribution in [0.5, 0.6) is 0 Å². The minimum Gasteiger partial charge on any atom is -0.354 e. The first kappa shape index (κ1) is 12.4. The van der Waals surface area contributed by atoms with Crippen molar-refractivity contribution in [1.82, 2.24) is 5.32 Å². The summed E-state index contributed by atoms with van der Waals surface area (Å²) >= 11 is 0. The molecule has 15 heavy (non-hydrogen) atoms. The minimum atomic E-state index is -2.85. The van der Waals surface area contributed by atoms with Crippen molar-refractivity contribution in [3.05, 3.63) is 0 Å². The molecule has 3 N–H and O–H groups in total. The van der Waals surface area contributed by atoms with Crippen molar-refractivity contribution in [2.75, 3.05) is 18.1 Å². The molecule has 0 radical (unpaired) electrons. The highest BCUT2D eigenvalue weighted by atomic mass is 32.2. The Bertz CT molecular complexity index is 326. The molecule has 1 amide bonds. The van der Waals surface area contributed by atoms with E-state index in [0.717, 1.165) is 0 Å². The fourth-order valence-electron chi connectivity index (χ4n) is 1.59. The van der Waals surface area contributed by atoms with Crippen LogP contribution >= 0.6 is 0 Å². The van der Waals surface area contributed by atoms with Crippen molar-refractivity contribution in [3.63, 3.8) is 0 Å². The standard InChI is InChI=1S/C9H18N2O3S/c1-2-8(10)9(12)11-5-7-3-4-15(13,14)6-7/h7-8H,2-6,10H2,1H3,(H,11,12)/t7?,8-/m0/s1. The van der Waals surface area contributed by atoms with Gasteiger partial charge in [-0.2, -0.15) is 0 Å². The predicted octanol–water partition coefficient (Wildman–Crippen LogP) is -0.725. The molecule has 88 valence electrons. The number of hydrogen-bond acceptors (Lipinski definition) is 4. The van der Waals surface area contributed by atoms with Gasteiger partial charge in [0.15, 0.2) is 9.84 Å². The lowest BCUT2D eigenvalue weighted by Crippen LogP contribution is -2.42. The van der Waals surface area contributed by atoms with Gasteiger partial charge in [-0.15, -0.1) is 0 Å². The summed E-state index contributed by atoms with van der Waals surface area (Å²) < 4.78 is 22.3. The molecule has 0 aliphatic carbocycles. The van der Waals surface area contributed by atoms with Crippen LogP contribution in [-0.4, -0.2) is 38.4 Å². The highest BCUT2D eigenvalue weighted by Gasteiger charge is 2.28. The third-order valence-electron chi connectivity index (χ3n) is 2.67. The van der Waals surface area contributed by atoms with Gasteiger partial charge in [-0.05, 0) is 18.8 Å². The van der Waals surface area contributed by atoms with Crippen molar-refractivity contribution < 1.29 is 13.2 Å². The Labute approximate surface area is 90.3 Å². The molecule has 1 fully saturated rings. The predicted molar refractivity (Wildman–Crippen MR) is 58.0 cm³/mol. The van der Waals surface area contributed by atoms with Crippen molar-refractivity contribution in [3.8, 4) is 0 Å². The van der Waals surface area contributed by atoms with Gasteiger partial charge in [-0.1, -0.05) is 6.92 Å². The summed E-state index contributed by atoms with van der Waals surface area (Å²) in [6.45, 7) is 2.26. The third-order valence-corrected chi connectivity index (χ3v) is 4.51. The molecule has 2 atom stereocenters. The van der Waals surface area contributed by atoms with E-state index in [2.05, 4.69) is 5.32 Å². The van der Waals surface area contributed by atoms with Gasteiger partial charge in [0.25, 0.3) is 0 Å². The van der Waals surface area contributed by atoms with Gasteiger partial charge in [0.2, 0.25) is 5.91 Å². The van der Waals surface area contributed by atoms with E-state index in [1.807, 2.05) is 6.92 Å². The lowest BCUT2D eigenvalue weighted by molar-refractivity contribution is -0.122. The third kappa shape index (κ3) is 3.79. The quantitative estimate of drug-likeness (QED) is 0.671. The Hall–Kier alpha value is -0.620. The highest BCUT2D eigenvalue weighted by Crippen LogP contribution is 2.17.